The molecule has 0 saturated carbocycles. The minimum atomic E-state index is -0.423. The zero-order valence-corrected chi connectivity index (χ0v) is 10.7. The molecule has 0 heterocycles. The van der Waals surface area contributed by atoms with Gasteiger partial charge in [0.05, 0.1) is 6.04 Å². The van der Waals surface area contributed by atoms with E-state index in [0.29, 0.717) is 6.42 Å². The first-order valence-corrected chi connectivity index (χ1v) is 5.88. The lowest BCUT2D eigenvalue weighted by atomic mass is 10.1. The Morgan fingerprint density at radius 3 is 2.41 bits per heavy atom. The summed E-state index contributed by atoms with van der Waals surface area (Å²) in [6.07, 6.45) is 1.62. The summed E-state index contributed by atoms with van der Waals surface area (Å²) in [5.74, 6) is -0.121. The summed E-state index contributed by atoms with van der Waals surface area (Å²) >= 11 is 0. The second-order valence-electron chi connectivity index (χ2n) is 4.33. The fourth-order valence-corrected chi connectivity index (χ4v) is 1.52. The summed E-state index contributed by atoms with van der Waals surface area (Å²) in [6.45, 7) is 2.01. The molecule has 17 heavy (non-hydrogen) atoms. The van der Waals surface area contributed by atoms with Gasteiger partial charge >= 0.3 is 0 Å². The first-order chi connectivity index (χ1) is 8.04. The van der Waals surface area contributed by atoms with Gasteiger partial charge < -0.3 is 16.0 Å². The zero-order valence-electron chi connectivity index (χ0n) is 10.7. The second-order valence-corrected chi connectivity index (χ2v) is 4.33. The van der Waals surface area contributed by atoms with Crippen molar-refractivity contribution in [2.24, 2.45) is 5.73 Å². The van der Waals surface area contributed by atoms with Crippen LogP contribution in [0.1, 0.15) is 19.8 Å². The number of anilines is 2. The Kier molecular flexibility index (Phi) is 4.97. The molecule has 0 aliphatic heterocycles. The third kappa shape index (κ3) is 4.07. The van der Waals surface area contributed by atoms with Crippen molar-refractivity contribution in [3.63, 3.8) is 0 Å². The molecule has 0 bridgehead atoms. The van der Waals surface area contributed by atoms with Crippen LogP contribution in [0.2, 0.25) is 0 Å². The van der Waals surface area contributed by atoms with Crippen LogP contribution in [0.5, 0.6) is 0 Å². The van der Waals surface area contributed by atoms with E-state index < -0.39 is 6.04 Å². The van der Waals surface area contributed by atoms with Gasteiger partial charge in [-0.3, -0.25) is 4.79 Å². The van der Waals surface area contributed by atoms with Gasteiger partial charge in [-0.25, -0.2) is 0 Å². The highest BCUT2D eigenvalue weighted by molar-refractivity contribution is 5.94. The Balaban J connectivity index is 2.60. The molecule has 0 fully saturated rings. The van der Waals surface area contributed by atoms with Crippen molar-refractivity contribution >= 4 is 17.3 Å². The Morgan fingerprint density at radius 2 is 1.94 bits per heavy atom. The molecule has 3 N–H and O–H groups in total. The van der Waals surface area contributed by atoms with E-state index in [1.165, 1.54) is 0 Å². The number of rotatable bonds is 5. The third-order valence-electron chi connectivity index (χ3n) is 2.59. The molecule has 1 aromatic carbocycles. The summed E-state index contributed by atoms with van der Waals surface area (Å²) in [4.78, 5) is 13.7. The number of nitrogens with one attached hydrogen (secondary N) is 1. The van der Waals surface area contributed by atoms with Crippen LogP contribution in [0.25, 0.3) is 0 Å². The highest BCUT2D eigenvalue weighted by Crippen LogP contribution is 2.15. The first-order valence-electron chi connectivity index (χ1n) is 5.88. The number of carbonyl (C=O) groups is 1. The van der Waals surface area contributed by atoms with Crippen LogP contribution in [0.15, 0.2) is 24.3 Å². The Bertz CT molecular complexity index is 359. The van der Waals surface area contributed by atoms with Gasteiger partial charge in [0.1, 0.15) is 0 Å². The molecule has 0 unspecified atom stereocenters. The molecule has 4 nitrogen and oxygen atoms in total. The molecule has 0 saturated heterocycles. The van der Waals surface area contributed by atoms with Crippen LogP contribution in [0.4, 0.5) is 11.4 Å². The van der Waals surface area contributed by atoms with Gasteiger partial charge in [-0.2, -0.15) is 0 Å². The van der Waals surface area contributed by atoms with Crippen molar-refractivity contribution in [2.45, 2.75) is 25.8 Å². The predicted molar refractivity (Wildman–Crippen MR) is 72.3 cm³/mol. The number of carbonyl (C=O) groups excluding carboxylic acids is 1. The maximum absolute atomic E-state index is 11.7. The van der Waals surface area contributed by atoms with E-state index in [1.54, 1.807) is 0 Å². The highest BCUT2D eigenvalue weighted by atomic mass is 16.2. The van der Waals surface area contributed by atoms with Gasteiger partial charge in [-0.1, -0.05) is 13.3 Å². The van der Waals surface area contributed by atoms with Crippen molar-refractivity contribution in [3.8, 4) is 0 Å². The predicted octanol–water partition coefficient (Wildman–Crippen LogP) is 1.82. The normalized spacial score (nSPS) is 12.0. The lowest BCUT2D eigenvalue weighted by molar-refractivity contribution is -0.117. The van der Waals surface area contributed by atoms with Gasteiger partial charge in [0, 0.05) is 25.5 Å². The van der Waals surface area contributed by atoms with Crippen LogP contribution in [0.3, 0.4) is 0 Å². The van der Waals surface area contributed by atoms with E-state index in [9.17, 15) is 4.79 Å². The molecule has 94 valence electrons. The standard InChI is InChI=1S/C13H21N3O/c1-4-5-12(14)13(17)15-10-6-8-11(9-7-10)16(2)3/h6-9,12H,4-5,14H2,1-3H3,(H,15,17)/t12-/m0/s1. The average molecular weight is 235 g/mol. The van der Waals surface area contributed by atoms with Crippen molar-refractivity contribution < 1.29 is 4.79 Å². The number of nitrogens with zero attached hydrogens (tertiary/aromatic N) is 1. The summed E-state index contributed by atoms with van der Waals surface area (Å²) in [5, 5.41) is 2.81. The number of hydrogen-bond acceptors (Lipinski definition) is 3. The second kappa shape index (κ2) is 6.25. The lowest BCUT2D eigenvalue weighted by Gasteiger charge is -2.14. The summed E-state index contributed by atoms with van der Waals surface area (Å²) in [5.41, 5.74) is 7.62. The molecule has 1 aromatic rings. The van der Waals surface area contributed by atoms with Crippen molar-refractivity contribution in [2.75, 3.05) is 24.3 Å². The highest BCUT2D eigenvalue weighted by Gasteiger charge is 2.11. The van der Waals surface area contributed by atoms with Gasteiger partial charge in [0.2, 0.25) is 5.91 Å². The number of benzene rings is 1. The van der Waals surface area contributed by atoms with E-state index in [-0.39, 0.29) is 5.91 Å². The van der Waals surface area contributed by atoms with Crippen molar-refractivity contribution in [1.82, 2.24) is 0 Å². The van der Waals surface area contributed by atoms with E-state index in [0.717, 1.165) is 17.8 Å². The van der Waals surface area contributed by atoms with Crippen LogP contribution < -0.4 is 16.0 Å². The van der Waals surface area contributed by atoms with Crippen LogP contribution >= 0.6 is 0 Å². The molecule has 1 atom stereocenters. The van der Waals surface area contributed by atoms with Gasteiger partial charge in [0.15, 0.2) is 0 Å². The topological polar surface area (TPSA) is 58.4 Å². The Labute approximate surface area is 103 Å². The number of hydrogen-bond donors (Lipinski definition) is 2. The zero-order chi connectivity index (χ0) is 12.8. The third-order valence-corrected chi connectivity index (χ3v) is 2.59. The fraction of sp³-hybridized carbons (Fsp3) is 0.462. The maximum Gasteiger partial charge on any atom is 0.241 e. The maximum atomic E-state index is 11.7. The Hall–Kier alpha value is -1.55. The fourth-order valence-electron chi connectivity index (χ4n) is 1.52. The van der Waals surface area contributed by atoms with Crippen LogP contribution in [-0.2, 0) is 4.79 Å². The monoisotopic (exact) mass is 235 g/mol. The summed E-state index contributed by atoms with van der Waals surface area (Å²) in [7, 11) is 3.95. The van der Waals surface area contributed by atoms with Gasteiger partial charge in [-0.15, -0.1) is 0 Å². The summed E-state index contributed by atoms with van der Waals surface area (Å²) < 4.78 is 0. The van der Waals surface area contributed by atoms with Crippen molar-refractivity contribution in [3.05, 3.63) is 24.3 Å². The van der Waals surface area contributed by atoms with E-state index in [1.807, 2.05) is 50.2 Å². The van der Waals surface area contributed by atoms with E-state index in [2.05, 4.69) is 5.32 Å². The van der Waals surface area contributed by atoms with E-state index in [4.69, 9.17) is 5.73 Å². The molecule has 0 aromatic heterocycles. The molecule has 0 aliphatic rings. The number of amides is 1. The van der Waals surface area contributed by atoms with Crippen molar-refractivity contribution in [1.29, 1.82) is 0 Å². The minimum absolute atomic E-state index is 0.121. The molecule has 1 amide bonds. The quantitative estimate of drug-likeness (QED) is 0.818. The number of nitrogens with two attached hydrogens (primary N) is 1. The molecule has 4 heteroatoms. The Morgan fingerprint density at radius 1 is 1.35 bits per heavy atom. The molecular weight excluding hydrogens is 214 g/mol. The minimum Gasteiger partial charge on any atom is -0.378 e. The van der Waals surface area contributed by atoms with Gasteiger partial charge in [-0.05, 0) is 30.7 Å². The SMILES string of the molecule is CCC[C@H](N)C(=O)Nc1ccc(N(C)C)cc1. The smallest absolute Gasteiger partial charge is 0.241 e. The van der Waals surface area contributed by atoms with Gasteiger partial charge in [0.25, 0.3) is 0 Å². The van der Waals surface area contributed by atoms with Crippen LogP contribution in [0, 0.1) is 0 Å². The molecule has 1 rings (SSSR count). The molecule has 0 aliphatic carbocycles. The van der Waals surface area contributed by atoms with E-state index >= 15 is 0 Å². The molecule has 0 spiro atoms. The molecular formula is C13H21N3O. The average Bonchev–Trinajstić information content (AvgIpc) is 2.30. The molecule has 0 radical (unpaired) electrons. The first kappa shape index (κ1) is 13.5. The van der Waals surface area contributed by atoms with Crippen LogP contribution in [-0.4, -0.2) is 26.0 Å². The summed E-state index contributed by atoms with van der Waals surface area (Å²) in [6, 6.07) is 7.26. The largest absolute Gasteiger partial charge is 0.378 e. The lowest BCUT2D eigenvalue weighted by Crippen LogP contribution is -2.35.